The predicted octanol–water partition coefficient (Wildman–Crippen LogP) is 3.04. The molecule has 2 rings (SSSR count). The Morgan fingerprint density at radius 1 is 1.28 bits per heavy atom. The molecule has 0 radical (unpaired) electrons. The van der Waals surface area contributed by atoms with Gasteiger partial charge in [-0.3, -0.25) is 0 Å². The Hall–Kier alpha value is -1.35. The molecule has 0 unspecified atom stereocenters. The van der Waals surface area contributed by atoms with E-state index in [-0.39, 0.29) is 0 Å². The van der Waals surface area contributed by atoms with Crippen LogP contribution in [-0.2, 0) is 13.0 Å². The van der Waals surface area contributed by atoms with Crippen molar-refractivity contribution < 1.29 is 0 Å². The van der Waals surface area contributed by atoms with Gasteiger partial charge in [0, 0.05) is 13.0 Å². The standard InChI is InChI=1S/C15H23N3/c1-3-4-10-18-14-8-7-12(2)11-13(14)17-15(18)6-5-9-16/h7-8,11H,3-6,9-10,16H2,1-2H3. The summed E-state index contributed by atoms with van der Waals surface area (Å²) in [6.45, 7) is 6.14. The topological polar surface area (TPSA) is 43.8 Å². The van der Waals surface area contributed by atoms with Gasteiger partial charge < -0.3 is 10.3 Å². The first kappa shape index (κ1) is 13.1. The van der Waals surface area contributed by atoms with Crippen molar-refractivity contribution >= 4 is 11.0 Å². The van der Waals surface area contributed by atoms with Crippen LogP contribution in [0.5, 0.6) is 0 Å². The Labute approximate surface area is 109 Å². The Balaban J connectivity index is 2.39. The maximum atomic E-state index is 5.61. The molecule has 2 aromatic rings. The van der Waals surface area contributed by atoms with Crippen LogP contribution in [0.2, 0.25) is 0 Å². The van der Waals surface area contributed by atoms with Crippen molar-refractivity contribution in [3.63, 3.8) is 0 Å². The van der Waals surface area contributed by atoms with Gasteiger partial charge in [-0.05, 0) is 44.0 Å². The van der Waals surface area contributed by atoms with Crippen molar-refractivity contribution in [2.45, 2.75) is 46.1 Å². The molecular formula is C15H23N3. The second-order valence-electron chi connectivity index (χ2n) is 4.92. The lowest BCUT2D eigenvalue weighted by molar-refractivity contribution is 0.607. The highest BCUT2D eigenvalue weighted by molar-refractivity contribution is 5.76. The molecule has 3 heteroatoms. The first-order chi connectivity index (χ1) is 8.76. The normalized spacial score (nSPS) is 11.3. The summed E-state index contributed by atoms with van der Waals surface area (Å²) in [6.07, 6.45) is 4.40. The third-order valence-corrected chi connectivity index (χ3v) is 3.32. The van der Waals surface area contributed by atoms with Crippen LogP contribution >= 0.6 is 0 Å². The summed E-state index contributed by atoms with van der Waals surface area (Å²) in [5, 5.41) is 0. The lowest BCUT2D eigenvalue weighted by Gasteiger charge is -2.08. The summed E-state index contributed by atoms with van der Waals surface area (Å²) < 4.78 is 2.37. The molecule has 1 aromatic carbocycles. The summed E-state index contributed by atoms with van der Waals surface area (Å²) >= 11 is 0. The highest BCUT2D eigenvalue weighted by Gasteiger charge is 2.09. The number of rotatable bonds is 6. The van der Waals surface area contributed by atoms with E-state index in [2.05, 4.69) is 36.6 Å². The number of imidazole rings is 1. The number of aromatic nitrogens is 2. The minimum atomic E-state index is 0.732. The Kier molecular flexibility index (Phi) is 4.37. The molecule has 3 nitrogen and oxygen atoms in total. The van der Waals surface area contributed by atoms with Crippen LogP contribution in [0.4, 0.5) is 0 Å². The zero-order valence-corrected chi connectivity index (χ0v) is 11.4. The lowest BCUT2D eigenvalue weighted by atomic mass is 10.2. The monoisotopic (exact) mass is 245 g/mol. The van der Waals surface area contributed by atoms with E-state index in [4.69, 9.17) is 10.7 Å². The fourth-order valence-corrected chi connectivity index (χ4v) is 2.31. The number of benzene rings is 1. The molecule has 0 bridgehead atoms. The van der Waals surface area contributed by atoms with Crippen LogP contribution in [0.15, 0.2) is 18.2 Å². The van der Waals surface area contributed by atoms with E-state index in [1.807, 2.05) is 0 Å². The predicted molar refractivity (Wildman–Crippen MR) is 76.8 cm³/mol. The molecular weight excluding hydrogens is 222 g/mol. The molecule has 98 valence electrons. The van der Waals surface area contributed by atoms with E-state index in [9.17, 15) is 0 Å². The molecule has 1 aromatic heterocycles. The molecule has 0 aliphatic rings. The molecule has 0 amide bonds. The highest BCUT2D eigenvalue weighted by atomic mass is 15.1. The SMILES string of the molecule is CCCCn1c(CCCN)nc2cc(C)ccc21. The summed E-state index contributed by atoms with van der Waals surface area (Å²) in [6, 6.07) is 6.53. The van der Waals surface area contributed by atoms with Crippen molar-refractivity contribution in [2.75, 3.05) is 6.54 Å². The van der Waals surface area contributed by atoms with Gasteiger partial charge in [0.1, 0.15) is 5.82 Å². The number of nitrogens with zero attached hydrogens (tertiary/aromatic N) is 2. The summed E-state index contributed by atoms with van der Waals surface area (Å²) in [7, 11) is 0. The van der Waals surface area contributed by atoms with Crippen LogP contribution in [0, 0.1) is 6.92 Å². The van der Waals surface area contributed by atoms with Gasteiger partial charge in [-0.1, -0.05) is 19.4 Å². The number of hydrogen-bond donors (Lipinski definition) is 1. The van der Waals surface area contributed by atoms with Crippen LogP contribution in [0.25, 0.3) is 11.0 Å². The number of fused-ring (bicyclic) bond motifs is 1. The molecule has 0 fully saturated rings. The maximum absolute atomic E-state index is 5.61. The molecule has 0 saturated heterocycles. The number of aryl methyl sites for hydroxylation is 3. The van der Waals surface area contributed by atoms with E-state index in [1.165, 1.54) is 29.7 Å². The minimum absolute atomic E-state index is 0.732. The number of hydrogen-bond acceptors (Lipinski definition) is 2. The van der Waals surface area contributed by atoms with Crippen molar-refractivity contribution in [3.05, 3.63) is 29.6 Å². The summed E-state index contributed by atoms with van der Waals surface area (Å²) in [4.78, 5) is 4.77. The minimum Gasteiger partial charge on any atom is -0.330 e. The zero-order valence-electron chi connectivity index (χ0n) is 11.4. The van der Waals surface area contributed by atoms with E-state index >= 15 is 0 Å². The van der Waals surface area contributed by atoms with Gasteiger partial charge in [-0.2, -0.15) is 0 Å². The van der Waals surface area contributed by atoms with Gasteiger partial charge >= 0.3 is 0 Å². The van der Waals surface area contributed by atoms with Gasteiger partial charge in [0.15, 0.2) is 0 Å². The van der Waals surface area contributed by atoms with Gasteiger partial charge in [0.25, 0.3) is 0 Å². The van der Waals surface area contributed by atoms with Crippen molar-refractivity contribution in [1.82, 2.24) is 9.55 Å². The average Bonchev–Trinajstić information content (AvgIpc) is 2.70. The van der Waals surface area contributed by atoms with Crippen LogP contribution in [0.3, 0.4) is 0 Å². The maximum Gasteiger partial charge on any atom is 0.109 e. The third-order valence-electron chi connectivity index (χ3n) is 3.32. The molecule has 0 aliphatic heterocycles. The molecule has 1 heterocycles. The third kappa shape index (κ3) is 2.72. The van der Waals surface area contributed by atoms with Crippen LogP contribution < -0.4 is 5.73 Å². The molecule has 0 aliphatic carbocycles. The molecule has 2 N–H and O–H groups in total. The molecule has 18 heavy (non-hydrogen) atoms. The molecule has 0 spiro atoms. The summed E-state index contributed by atoms with van der Waals surface area (Å²) in [5.74, 6) is 1.19. The molecule has 0 saturated carbocycles. The van der Waals surface area contributed by atoms with Crippen LogP contribution in [-0.4, -0.2) is 16.1 Å². The van der Waals surface area contributed by atoms with E-state index in [0.29, 0.717) is 0 Å². The smallest absolute Gasteiger partial charge is 0.109 e. The van der Waals surface area contributed by atoms with E-state index in [0.717, 1.165) is 31.4 Å². The average molecular weight is 245 g/mol. The zero-order chi connectivity index (χ0) is 13.0. The number of unbranched alkanes of at least 4 members (excludes halogenated alkanes) is 1. The van der Waals surface area contributed by atoms with Gasteiger partial charge in [0.05, 0.1) is 11.0 Å². The highest BCUT2D eigenvalue weighted by Crippen LogP contribution is 2.19. The Morgan fingerprint density at radius 3 is 2.83 bits per heavy atom. The van der Waals surface area contributed by atoms with Gasteiger partial charge in [-0.25, -0.2) is 4.98 Å². The van der Waals surface area contributed by atoms with E-state index < -0.39 is 0 Å². The summed E-state index contributed by atoms with van der Waals surface area (Å²) in [5.41, 5.74) is 9.27. The van der Waals surface area contributed by atoms with Gasteiger partial charge in [0.2, 0.25) is 0 Å². The van der Waals surface area contributed by atoms with Crippen molar-refractivity contribution in [3.8, 4) is 0 Å². The van der Waals surface area contributed by atoms with Crippen molar-refractivity contribution in [1.29, 1.82) is 0 Å². The first-order valence-corrected chi connectivity index (χ1v) is 6.92. The largest absolute Gasteiger partial charge is 0.330 e. The second-order valence-corrected chi connectivity index (χ2v) is 4.92. The Morgan fingerprint density at radius 2 is 2.11 bits per heavy atom. The quantitative estimate of drug-likeness (QED) is 0.850. The fourth-order valence-electron chi connectivity index (χ4n) is 2.31. The molecule has 0 atom stereocenters. The first-order valence-electron chi connectivity index (χ1n) is 6.92. The van der Waals surface area contributed by atoms with E-state index in [1.54, 1.807) is 0 Å². The number of nitrogens with two attached hydrogens (primary N) is 1. The Bertz CT molecular complexity index is 514. The van der Waals surface area contributed by atoms with Crippen molar-refractivity contribution in [2.24, 2.45) is 5.73 Å². The lowest BCUT2D eigenvalue weighted by Crippen LogP contribution is -2.07. The fraction of sp³-hybridized carbons (Fsp3) is 0.533. The van der Waals surface area contributed by atoms with Gasteiger partial charge in [-0.15, -0.1) is 0 Å². The second kappa shape index (κ2) is 6.01. The van der Waals surface area contributed by atoms with Crippen LogP contribution in [0.1, 0.15) is 37.6 Å².